The number of hydrazone groups is 1. The lowest BCUT2D eigenvalue weighted by atomic mass is 10.0. The van der Waals surface area contributed by atoms with Crippen molar-refractivity contribution in [3.05, 3.63) is 89.9 Å². The van der Waals surface area contributed by atoms with Gasteiger partial charge >= 0.3 is 0 Å². The first-order chi connectivity index (χ1) is 12.8. The van der Waals surface area contributed by atoms with Gasteiger partial charge in [-0.15, -0.1) is 0 Å². The zero-order chi connectivity index (χ0) is 17.9. The van der Waals surface area contributed by atoms with Crippen LogP contribution < -0.4 is 9.75 Å². The van der Waals surface area contributed by atoms with Gasteiger partial charge in [-0.2, -0.15) is 10.1 Å². The molecule has 0 saturated carbocycles. The summed E-state index contributed by atoms with van der Waals surface area (Å²) < 4.78 is 10.6. The molecule has 2 aromatic carbocycles. The Morgan fingerprint density at radius 1 is 1.00 bits per heavy atom. The van der Waals surface area contributed by atoms with Gasteiger partial charge in [-0.1, -0.05) is 18.2 Å². The van der Waals surface area contributed by atoms with Gasteiger partial charge in [-0.3, -0.25) is 4.79 Å². The Morgan fingerprint density at radius 2 is 1.77 bits per heavy atom. The lowest BCUT2D eigenvalue weighted by molar-refractivity contribution is -0.114. The van der Waals surface area contributed by atoms with Crippen molar-refractivity contribution >= 4 is 23.4 Å². The molecule has 3 aromatic rings. The number of para-hydroxylation sites is 1. The summed E-state index contributed by atoms with van der Waals surface area (Å²) in [5, 5.41) is 5.99. The average Bonchev–Trinajstić information content (AvgIpc) is 3.32. The zero-order valence-corrected chi connectivity index (χ0v) is 14.1. The molecule has 1 aliphatic rings. The first-order valence-electron chi connectivity index (χ1n) is 8.14. The Kier molecular flexibility index (Phi) is 4.11. The fraction of sp³-hybridized carbons (Fsp3) is 0.0476. The van der Waals surface area contributed by atoms with Crippen LogP contribution in [0, 0.1) is 0 Å². The second-order valence-electron chi connectivity index (χ2n) is 5.70. The Labute approximate surface area is 150 Å². The number of rotatable bonds is 4. The van der Waals surface area contributed by atoms with E-state index in [2.05, 4.69) is 5.10 Å². The number of hydrogen-bond acceptors (Lipinski definition) is 4. The van der Waals surface area contributed by atoms with Crippen molar-refractivity contribution in [3.63, 3.8) is 0 Å². The van der Waals surface area contributed by atoms with Gasteiger partial charge in [0.2, 0.25) is 0 Å². The molecular formula is C21H16N2O3. The van der Waals surface area contributed by atoms with Crippen molar-refractivity contribution in [1.82, 2.24) is 0 Å². The first-order valence-corrected chi connectivity index (χ1v) is 8.14. The van der Waals surface area contributed by atoms with Crippen LogP contribution in [0.3, 0.4) is 0 Å². The van der Waals surface area contributed by atoms with Crippen LogP contribution in [0.2, 0.25) is 0 Å². The molecule has 5 nitrogen and oxygen atoms in total. The minimum Gasteiger partial charge on any atom is -0.497 e. The number of amides is 1. The van der Waals surface area contributed by atoms with E-state index in [0.29, 0.717) is 22.7 Å². The minimum atomic E-state index is -0.196. The maximum Gasteiger partial charge on any atom is 0.281 e. The summed E-state index contributed by atoms with van der Waals surface area (Å²) in [6, 6.07) is 20.4. The van der Waals surface area contributed by atoms with Crippen LogP contribution in [0.1, 0.15) is 11.3 Å². The largest absolute Gasteiger partial charge is 0.497 e. The molecule has 4 rings (SSSR count). The van der Waals surface area contributed by atoms with Gasteiger partial charge in [0.15, 0.2) is 0 Å². The van der Waals surface area contributed by atoms with Crippen LogP contribution in [0.15, 0.2) is 88.1 Å². The summed E-state index contributed by atoms with van der Waals surface area (Å²) in [5.74, 6) is 1.15. The maximum absolute atomic E-state index is 13.0. The third-order valence-electron chi connectivity index (χ3n) is 4.07. The molecule has 0 fully saturated rings. The number of furan rings is 1. The zero-order valence-electron chi connectivity index (χ0n) is 14.1. The molecule has 1 aromatic heterocycles. The van der Waals surface area contributed by atoms with Crippen LogP contribution in [-0.2, 0) is 4.79 Å². The molecule has 0 bridgehead atoms. The fourth-order valence-electron chi connectivity index (χ4n) is 2.77. The molecule has 1 aliphatic heterocycles. The molecule has 0 unspecified atom stereocenters. The van der Waals surface area contributed by atoms with Gasteiger partial charge in [0, 0.05) is 5.56 Å². The standard InChI is InChI=1S/C21H16N2O3/c1-25-17-11-9-15(10-12-17)20-19(14-18-8-5-13-26-18)21(24)23(22-20)16-6-3-2-4-7-16/h2-14H,1H3/b19-14-. The van der Waals surface area contributed by atoms with Crippen LogP contribution >= 0.6 is 0 Å². The fourth-order valence-corrected chi connectivity index (χ4v) is 2.77. The highest BCUT2D eigenvalue weighted by Crippen LogP contribution is 2.28. The molecule has 0 atom stereocenters. The Bertz CT molecular complexity index is 972. The van der Waals surface area contributed by atoms with Crippen molar-refractivity contribution in [1.29, 1.82) is 0 Å². The number of hydrogen-bond donors (Lipinski definition) is 0. The number of benzene rings is 2. The molecule has 0 aliphatic carbocycles. The molecule has 1 amide bonds. The summed E-state index contributed by atoms with van der Waals surface area (Å²) in [6.07, 6.45) is 3.29. The maximum atomic E-state index is 13.0. The van der Waals surface area contributed by atoms with E-state index in [9.17, 15) is 4.79 Å². The van der Waals surface area contributed by atoms with Crippen molar-refractivity contribution < 1.29 is 13.9 Å². The van der Waals surface area contributed by atoms with Gasteiger partial charge < -0.3 is 9.15 Å². The second-order valence-corrected chi connectivity index (χ2v) is 5.70. The molecule has 0 saturated heterocycles. The molecule has 5 heteroatoms. The van der Waals surface area contributed by atoms with Crippen LogP contribution in [0.25, 0.3) is 6.08 Å². The third kappa shape index (κ3) is 2.91. The van der Waals surface area contributed by atoms with Crippen LogP contribution in [0.4, 0.5) is 5.69 Å². The van der Waals surface area contributed by atoms with Gasteiger partial charge in [0.1, 0.15) is 17.2 Å². The van der Waals surface area contributed by atoms with Crippen LogP contribution in [-0.4, -0.2) is 18.7 Å². The van der Waals surface area contributed by atoms with Crippen molar-refractivity contribution in [3.8, 4) is 5.75 Å². The lowest BCUT2D eigenvalue weighted by Crippen LogP contribution is -2.21. The van der Waals surface area contributed by atoms with Gasteiger partial charge in [0.25, 0.3) is 5.91 Å². The first kappa shape index (κ1) is 15.9. The lowest BCUT2D eigenvalue weighted by Gasteiger charge is -2.10. The smallest absolute Gasteiger partial charge is 0.281 e. The van der Waals surface area contributed by atoms with Gasteiger partial charge in [0.05, 0.1) is 24.6 Å². The molecular weight excluding hydrogens is 328 g/mol. The number of methoxy groups -OCH3 is 1. The van der Waals surface area contributed by atoms with E-state index in [1.165, 1.54) is 5.01 Å². The summed E-state index contributed by atoms with van der Waals surface area (Å²) in [4.78, 5) is 13.0. The van der Waals surface area contributed by atoms with E-state index in [1.54, 1.807) is 31.6 Å². The Morgan fingerprint density at radius 3 is 2.42 bits per heavy atom. The summed E-state index contributed by atoms with van der Waals surface area (Å²) in [5.41, 5.74) is 2.62. The van der Waals surface area contributed by atoms with E-state index >= 15 is 0 Å². The number of anilines is 1. The Hall–Kier alpha value is -3.60. The predicted octanol–water partition coefficient (Wildman–Crippen LogP) is 4.12. The molecule has 2 heterocycles. The molecule has 26 heavy (non-hydrogen) atoms. The number of carbonyl (C=O) groups is 1. The second kappa shape index (κ2) is 6.72. The highest BCUT2D eigenvalue weighted by atomic mass is 16.5. The number of ether oxygens (including phenoxy) is 1. The molecule has 0 spiro atoms. The highest BCUT2D eigenvalue weighted by Gasteiger charge is 2.32. The SMILES string of the molecule is COc1ccc(C2=NN(c3ccccc3)C(=O)/C2=C\c2ccco2)cc1. The van der Waals surface area contributed by atoms with Gasteiger partial charge in [-0.25, -0.2) is 0 Å². The van der Waals surface area contributed by atoms with Crippen molar-refractivity contribution in [2.24, 2.45) is 5.10 Å². The topological polar surface area (TPSA) is 55.0 Å². The van der Waals surface area contributed by atoms with E-state index in [-0.39, 0.29) is 5.91 Å². The van der Waals surface area contributed by atoms with E-state index < -0.39 is 0 Å². The molecule has 0 N–H and O–H groups in total. The number of nitrogens with zero attached hydrogens (tertiary/aromatic N) is 2. The van der Waals surface area contributed by atoms with Crippen molar-refractivity contribution in [2.75, 3.05) is 12.1 Å². The van der Waals surface area contributed by atoms with E-state index in [0.717, 1.165) is 11.3 Å². The van der Waals surface area contributed by atoms with E-state index in [4.69, 9.17) is 9.15 Å². The predicted molar refractivity (Wildman–Crippen MR) is 100 cm³/mol. The average molecular weight is 344 g/mol. The summed E-state index contributed by atoms with van der Waals surface area (Å²) in [6.45, 7) is 0. The quantitative estimate of drug-likeness (QED) is 0.669. The Balaban J connectivity index is 1.81. The summed E-state index contributed by atoms with van der Waals surface area (Å²) in [7, 11) is 1.62. The van der Waals surface area contributed by atoms with Crippen molar-refractivity contribution in [2.45, 2.75) is 0 Å². The van der Waals surface area contributed by atoms with E-state index in [1.807, 2.05) is 54.6 Å². The summed E-state index contributed by atoms with van der Waals surface area (Å²) >= 11 is 0. The normalized spacial score (nSPS) is 15.4. The number of carbonyl (C=O) groups excluding carboxylic acids is 1. The third-order valence-corrected chi connectivity index (χ3v) is 4.07. The highest BCUT2D eigenvalue weighted by molar-refractivity contribution is 6.37. The monoisotopic (exact) mass is 344 g/mol. The molecule has 128 valence electrons. The minimum absolute atomic E-state index is 0.196. The van der Waals surface area contributed by atoms with Gasteiger partial charge in [-0.05, 0) is 54.6 Å². The molecule has 0 radical (unpaired) electrons. The van der Waals surface area contributed by atoms with Crippen LogP contribution in [0.5, 0.6) is 5.75 Å².